The molecule has 2 aromatic heterocycles. The van der Waals surface area contributed by atoms with Crippen LogP contribution in [-0.4, -0.2) is 27.4 Å². The highest BCUT2D eigenvalue weighted by Gasteiger charge is 2.11. The summed E-state index contributed by atoms with van der Waals surface area (Å²) >= 11 is 0. The van der Waals surface area contributed by atoms with Gasteiger partial charge in [0, 0.05) is 12.4 Å². The highest BCUT2D eigenvalue weighted by molar-refractivity contribution is 5.89. The summed E-state index contributed by atoms with van der Waals surface area (Å²) in [5.41, 5.74) is 2.49. The number of hydrogen-bond acceptors (Lipinski definition) is 4. The SMILES string of the molecule is CC(C)CCOc1ccc(C(C)NC(=O)Nc2cnn(-c3ccncc3)c2)cc1. The van der Waals surface area contributed by atoms with Gasteiger partial charge in [0.2, 0.25) is 0 Å². The normalized spacial score (nSPS) is 11.9. The first-order valence-corrected chi connectivity index (χ1v) is 9.76. The topological polar surface area (TPSA) is 81.1 Å². The van der Waals surface area contributed by atoms with Gasteiger partial charge in [0.25, 0.3) is 0 Å². The summed E-state index contributed by atoms with van der Waals surface area (Å²) in [5.74, 6) is 1.46. The molecule has 7 heteroatoms. The minimum atomic E-state index is -0.288. The lowest BCUT2D eigenvalue weighted by molar-refractivity contribution is 0.249. The Morgan fingerprint density at radius 1 is 1.10 bits per heavy atom. The smallest absolute Gasteiger partial charge is 0.319 e. The average Bonchev–Trinajstić information content (AvgIpc) is 3.17. The molecule has 2 N–H and O–H groups in total. The van der Waals surface area contributed by atoms with E-state index < -0.39 is 0 Å². The van der Waals surface area contributed by atoms with Crippen LogP contribution in [0.4, 0.5) is 10.5 Å². The highest BCUT2D eigenvalue weighted by atomic mass is 16.5. The van der Waals surface area contributed by atoms with Gasteiger partial charge >= 0.3 is 6.03 Å². The Kier molecular flexibility index (Phi) is 6.84. The maximum Gasteiger partial charge on any atom is 0.319 e. The number of hydrogen-bond donors (Lipinski definition) is 2. The number of urea groups is 1. The first-order chi connectivity index (χ1) is 14.0. The molecular formula is C22H27N5O2. The van der Waals surface area contributed by atoms with E-state index in [4.69, 9.17) is 4.74 Å². The van der Waals surface area contributed by atoms with Crippen LogP contribution in [0.1, 0.15) is 38.8 Å². The first-order valence-electron chi connectivity index (χ1n) is 9.76. The van der Waals surface area contributed by atoms with Crippen molar-refractivity contribution in [2.45, 2.75) is 33.2 Å². The molecule has 152 valence electrons. The highest BCUT2D eigenvalue weighted by Crippen LogP contribution is 2.18. The molecule has 0 aliphatic heterocycles. The third-order valence-corrected chi connectivity index (χ3v) is 4.46. The fourth-order valence-corrected chi connectivity index (χ4v) is 2.74. The second-order valence-corrected chi connectivity index (χ2v) is 7.30. The van der Waals surface area contributed by atoms with Crippen molar-refractivity contribution in [3.63, 3.8) is 0 Å². The number of nitrogens with zero attached hydrogens (tertiary/aromatic N) is 3. The van der Waals surface area contributed by atoms with Crippen LogP contribution >= 0.6 is 0 Å². The Balaban J connectivity index is 1.51. The molecule has 0 spiro atoms. The van der Waals surface area contributed by atoms with E-state index in [1.165, 1.54) is 0 Å². The van der Waals surface area contributed by atoms with Crippen molar-refractivity contribution in [1.82, 2.24) is 20.1 Å². The summed E-state index contributed by atoms with van der Waals surface area (Å²) in [6.45, 7) is 7.00. The van der Waals surface area contributed by atoms with Gasteiger partial charge in [-0.15, -0.1) is 0 Å². The molecule has 0 saturated heterocycles. The van der Waals surface area contributed by atoms with E-state index in [-0.39, 0.29) is 12.1 Å². The fraction of sp³-hybridized carbons (Fsp3) is 0.318. The summed E-state index contributed by atoms with van der Waals surface area (Å²) in [5, 5.41) is 10.00. The quantitative estimate of drug-likeness (QED) is 0.587. The van der Waals surface area contributed by atoms with Crippen LogP contribution in [-0.2, 0) is 0 Å². The molecule has 3 aromatic rings. The summed E-state index contributed by atoms with van der Waals surface area (Å²) in [7, 11) is 0. The van der Waals surface area contributed by atoms with Crippen molar-refractivity contribution in [2.24, 2.45) is 5.92 Å². The second-order valence-electron chi connectivity index (χ2n) is 7.30. The number of anilines is 1. The van der Waals surface area contributed by atoms with Crippen LogP contribution in [0.2, 0.25) is 0 Å². The number of aromatic nitrogens is 3. The zero-order chi connectivity index (χ0) is 20.6. The zero-order valence-electron chi connectivity index (χ0n) is 17.0. The maximum atomic E-state index is 12.3. The van der Waals surface area contributed by atoms with Crippen molar-refractivity contribution in [3.8, 4) is 11.4 Å². The van der Waals surface area contributed by atoms with Crippen LogP contribution in [0.5, 0.6) is 5.75 Å². The second kappa shape index (κ2) is 9.73. The summed E-state index contributed by atoms with van der Waals surface area (Å²) < 4.78 is 7.42. The van der Waals surface area contributed by atoms with Crippen molar-refractivity contribution >= 4 is 11.7 Å². The standard InChI is InChI=1S/C22H27N5O2/c1-16(2)10-13-29-21-6-4-18(5-7-21)17(3)25-22(28)26-19-14-24-27(15-19)20-8-11-23-12-9-20/h4-9,11-12,14-17H,10,13H2,1-3H3,(H2,25,26,28). The van der Waals surface area contributed by atoms with Crippen molar-refractivity contribution in [3.05, 3.63) is 66.7 Å². The summed E-state index contributed by atoms with van der Waals surface area (Å²) in [4.78, 5) is 16.3. The molecule has 0 aliphatic rings. The van der Waals surface area contributed by atoms with Crippen molar-refractivity contribution in [2.75, 3.05) is 11.9 Å². The molecule has 1 atom stereocenters. The van der Waals surface area contributed by atoms with Crippen LogP contribution < -0.4 is 15.4 Å². The molecule has 3 rings (SSSR count). The van der Waals surface area contributed by atoms with Gasteiger partial charge in [0.1, 0.15) is 5.75 Å². The van der Waals surface area contributed by atoms with E-state index in [0.29, 0.717) is 18.2 Å². The maximum absolute atomic E-state index is 12.3. The molecule has 0 saturated carbocycles. The van der Waals surface area contributed by atoms with E-state index in [9.17, 15) is 4.79 Å². The van der Waals surface area contributed by atoms with Gasteiger partial charge in [0.05, 0.1) is 36.4 Å². The zero-order valence-corrected chi connectivity index (χ0v) is 17.0. The first kappa shape index (κ1) is 20.4. The number of carbonyl (C=O) groups is 1. The predicted octanol–water partition coefficient (Wildman–Crippen LogP) is 4.57. The van der Waals surface area contributed by atoms with Crippen molar-refractivity contribution < 1.29 is 9.53 Å². The van der Waals surface area contributed by atoms with Crippen LogP contribution in [0.25, 0.3) is 5.69 Å². The molecule has 29 heavy (non-hydrogen) atoms. The van der Waals surface area contributed by atoms with Gasteiger partial charge in [-0.05, 0) is 49.1 Å². The molecule has 2 amide bonds. The Hall–Kier alpha value is -3.35. The van der Waals surface area contributed by atoms with Gasteiger partial charge in [0.15, 0.2) is 0 Å². The van der Waals surface area contributed by atoms with Crippen molar-refractivity contribution in [1.29, 1.82) is 0 Å². The molecule has 1 unspecified atom stereocenters. The van der Waals surface area contributed by atoms with E-state index in [1.54, 1.807) is 29.5 Å². The molecule has 1 aromatic carbocycles. The number of rotatable bonds is 8. The number of ether oxygens (including phenoxy) is 1. The summed E-state index contributed by atoms with van der Waals surface area (Å²) in [6, 6.07) is 11.1. The Labute approximate surface area is 171 Å². The molecule has 0 bridgehead atoms. The minimum absolute atomic E-state index is 0.144. The van der Waals surface area contributed by atoms with Gasteiger partial charge in [-0.2, -0.15) is 5.10 Å². The van der Waals surface area contributed by atoms with Gasteiger partial charge in [-0.3, -0.25) is 4.98 Å². The number of pyridine rings is 1. The van der Waals surface area contributed by atoms with Gasteiger partial charge in [-0.25, -0.2) is 9.48 Å². The molecule has 0 radical (unpaired) electrons. The largest absolute Gasteiger partial charge is 0.494 e. The van der Waals surface area contributed by atoms with Gasteiger partial charge < -0.3 is 15.4 Å². The lowest BCUT2D eigenvalue weighted by Crippen LogP contribution is -2.31. The predicted molar refractivity (Wildman–Crippen MR) is 113 cm³/mol. The molecule has 0 aliphatic carbocycles. The third kappa shape index (κ3) is 6.07. The third-order valence-electron chi connectivity index (χ3n) is 4.46. The lowest BCUT2D eigenvalue weighted by atomic mass is 10.1. The Bertz CT molecular complexity index is 906. The Morgan fingerprint density at radius 3 is 2.52 bits per heavy atom. The Morgan fingerprint density at radius 2 is 1.83 bits per heavy atom. The van der Waals surface area contributed by atoms with Crippen LogP contribution in [0, 0.1) is 5.92 Å². The fourth-order valence-electron chi connectivity index (χ4n) is 2.74. The summed E-state index contributed by atoms with van der Waals surface area (Å²) in [6.07, 6.45) is 7.77. The average molecular weight is 393 g/mol. The van der Waals surface area contributed by atoms with E-state index >= 15 is 0 Å². The molecular weight excluding hydrogens is 366 g/mol. The number of carbonyl (C=O) groups excluding carboxylic acids is 1. The molecule has 2 heterocycles. The van der Waals surface area contributed by atoms with Crippen LogP contribution in [0.3, 0.4) is 0 Å². The van der Waals surface area contributed by atoms with Gasteiger partial charge in [-0.1, -0.05) is 26.0 Å². The number of benzene rings is 1. The number of nitrogens with one attached hydrogen (secondary N) is 2. The van der Waals surface area contributed by atoms with E-state index in [1.807, 2.05) is 43.3 Å². The molecule has 7 nitrogen and oxygen atoms in total. The number of amides is 2. The van der Waals surface area contributed by atoms with E-state index in [0.717, 1.165) is 23.4 Å². The van der Waals surface area contributed by atoms with Crippen LogP contribution in [0.15, 0.2) is 61.2 Å². The monoisotopic (exact) mass is 393 g/mol. The molecule has 0 fully saturated rings. The minimum Gasteiger partial charge on any atom is -0.494 e. The van der Waals surface area contributed by atoms with E-state index in [2.05, 4.69) is 34.6 Å². The lowest BCUT2D eigenvalue weighted by Gasteiger charge is -2.15.